The van der Waals surface area contributed by atoms with Gasteiger partial charge < -0.3 is 0 Å². The Morgan fingerprint density at radius 3 is 2.73 bits per heavy atom. The number of halogens is 1. The molecule has 0 aliphatic rings. The van der Waals surface area contributed by atoms with E-state index < -0.39 is 0 Å². The second kappa shape index (κ2) is 5.04. The van der Waals surface area contributed by atoms with Crippen LogP contribution in [0, 0.1) is 5.82 Å². The molecule has 0 radical (unpaired) electrons. The Balaban J connectivity index is 1.87. The lowest BCUT2D eigenvalue weighted by atomic mass is 10.0. The fourth-order valence-corrected chi connectivity index (χ4v) is 2.48. The van der Waals surface area contributed by atoms with Gasteiger partial charge >= 0.3 is 0 Å². The van der Waals surface area contributed by atoms with Crippen LogP contribution in [0.1, 0.15) is 0 Å². The minimum atomic E-state index is -0.274. The molecular weight excluding hydrogens is 279 g/mol. The molecule has 5 heteroatoms. The van der Waals surface area contributed by atoms with Gasteiger partial charge in [0.05, 0.1) is 6.20 Å². The SMILES string of the molecule is Fc1ccc(-c2cnn(-c3ccccn3)c2)c2ccncc12. The van der Waals surface area contributed by atoms with Crippen molar-refractivity contribution in [3.63, 3.8) is 0 Å². The van der Waals surface area contributed by atoms with Gasteiger partial charge in [-0.05, 0) is 35.2 Å². The molecule has 0 aliphatic carbocycles. The van der Waals surface area contributed by atoms with E-state index in [-0.39, 0.29) is 5.82 Å². The van der Waals surface area contributed by atoms with Crippen molar-refractivity contribution >= 4 is 10.8 Å². The number of aromatic nitrogens is 4. The van der Waals surface area contributed by atoms with Crippen LogP contribution in [0.25, 0.3) is 27.7 Å². The van der Waals surface area contributed by atoms with Crippen LogP contribution in [0.4, 0.5) is 4.39 Å². The summed E-state index contributed by atoms with van der Waals surface area (Å²) < 4.78 is 15.6. The molecule has 4 rings (SSSR count). The summed E-state index contributed by atoms with van der Waals surface area (Å²) in [5.41, 5.74) is 1.82. The summed E-state index contributed by atoms with van der Waals surface area (Å²) in [7, 11) is 0. The molecule has 0 fully saturated rings. The lowest BCUT2D eigenvalue weighted by molar-refractivity contribution is 0.639. The number of benzene rings is 1. The van der Waals surface area contributed by atoms with E-state index in [0.717, 1.165) is 22.3 Å². The molecule has 22 heavy (non-hydrogen) atoms. The van der Waals surface area contributed by atoms with Crippen LogP contribution < -0.4 is 0 Å². The van der Waals surface area contributed by atoms with Gasteiger partial charge in [-0.3, -0.25) is 4.98 Å². The fraction of sp³-hybridized carbons (Fsp3) is 0. The molecule has 0 unspecified atom stereocenters. The van der Waals surface area contributed by atoms with E-state index in [2.05, 4.69) is 15.1 Å². The topological polar surface area (TPSA) is 43.6 Å². The molecule has 4 nitrogen and oxygen atoms in total. The van der Waals surface area contributed by atoms with Crippen molar-refractivity contribution in [2.75, 3.05) is 0 Å². The summed E-state index contributed by atoms with van der Waals surface area (Å²) in [6.45, 7) is 0. The molecule has 106 valence electrons. The largest absolute Gasteiger partial charge is 0.264 e. The average Bonchev–Trinajstić information content (AvgIpc) is 3.06. The maximum absolute atomic E-state index is 13.9. The summed E-state index contributed by atoms with van der Waals surface area (Å²) in [6.07, 6.45) is 8.55. The summed E-state index contributed by atoms with van der Waals surface area (Å²) in [4.78, 5) is 8.25. The van der Waals surface area contributed by atoms with Crippen LogP contribution in [0.15, 0.2) is 67.4 Å². The molecule has 0 atom stereocenters. The van der Waals surface area contributed by atoms with Gasteiger partial charge in [0, 0.05) is 35.7 Å². The Bertz CT molecular complexity index is 947. The van der Waals surface area contributed by atoms with Crippen molar-refractivity contribution < 1.29 is 4.39 Å². The van der Waals surface area contributed by atoms with Crippen LogP contribution in [-0.2, 0) is 0 Å². The Morgan fingerprint density at radius 1 is 0.909 bits per heavy atom. The van der Waals surface area contributed by atoms with Crippen molar-refractivity contribution in [1.82, 2.24) is 19.7 Å². The van der Waals surface area contributed by atoms with E-state index in [0.29, 0.717) is 5.39 Å². The van der Waals surface area contributed by atoms with Crippen LogP contribution in [0.3, 0.4) is 0 Å². The Hall–Kier alpha value is -3.08. The van der Waals surface area contributed by atoms with Gasteiger partial charge in [0.2, 0.25) is 0 Å². The number of fused-ring (bicyclic) bond motifs is 1. The normalized spacial score (nSPS) is 11.0. The average molecular weight is 290 g/mol. The molecule has 0 aliphatic heterocycles. The first-order valence-corrected chi connectivity index (χ1v) is 6.81. The zero-order chi connectivity index (χ0) is 14.9. The smallest absolute Gasteiger partial charge is 0.153 e. The van der Waals surface area contributed by atoms with Crippen molar-refractivity contribution in [1.29, 1.82) is 0 Å². The third kappa shape index (κ3) is 2.03. The molecule has 3 aromatic heterocycles. The number of nitrogens with zero attached hydrogens (tertiary/aromatic N) is 4. The van der Waals surface area contributed by atoms with Gasteiger partial charge in [-0.2, -0.15) is 5.10 Å². The minimum absolute atomic E-state index is 0.274. The van der Waals surface area contributed by atoms with Crippen LogP contribution in [0.2, 0.25) is 0 Å². The number of hydrogen-bond donors (Lipinski definition) is 0. The highest BCUT2D eigenvalue weighted by Crippen LogP contribution is 2.29. The maximum atomic E-state index is 13.9. The zero-order valence-corrected chi connectivity index (χ0v) is 11.5. The molecule has 0 spiro atoms. The first kappa shape index (κ1) is 12.6. The second-order valence-electron chi connectivity index (χ2n) is 4.88. The Kier molecular flexibility index (Phi) is 2.89. The lowest BCUT2D eigenvalue weighted by Crippen LogP contribution is -1.95. The quantitative estimate of drug-likeness (QED) is 0.566. The van der Waals surface area contributed by atoms with Crippen LogP contribution >= 0.6 is 0 Å². The summed E-state index contributed by atoms with van der Waals surface area (Å²) in [5, 5.41) is 5.66. The highest BCUT2D eigenvalue weighted by atomic mass is 19.1. The summed E-state index contributed by atoms with van der Waals surface area (Å²) >= 11 is 0. The van der Waals surface area contributed by atoms with E-state index in [9.17, 15) is 4.39 Å². The number of rotatable bonds is 2. The monoisotopic (exact) mass is 290 g/mol. The predicted octanol–water partition coefficient (Wildman–Crippen LogP) is 3.62. The molecule has 0 saturated carbocycles. The molecule has 0 N–H and O–H groups in total. The van der Waals surface area contributed by atoms with Gasteiger partial charge in [-0.25, -0.2) is 14.1 Å². The van der Waals surface area contributed by atoms with Gasteiger partial charge in [-0.1, -0.05) is 12.1 Å². The number of hydrogen-bond acceptors (Lipinski definition) is 3. The van der Waals surface area contributed by atoms with E-state index in [1.807, 2.05) is 30.5 Å². The highest BCUT2D eigenvalue weighted by molar-refractivity contribution is 5.96. The van der Waals surface area contributed by atoms with E-state index in [1.165, 1.54) is 12.3 Å². The molecule has 0 bridgehead atoms. The van der Waals surface area contributed by atoms with Crippen molar-refractivity contribution in [2.45, 2.75) is 0 Å². The van der Waals surface area contributed by atoms with E-state index in [1.54, 1.807) is 29.3 Å². The maximum Gasteiger partial charge on any atom is 0.153 e. The molecule has 4 aromatic rings. The molecule has 1 aromatic carbocycles. The third-order valence-electron chi connectivity index (χ3n) is 3.54. The van der Waals surface area contributed by atoms with Crippen LogP contribution in [-0.4, -0.2) is 19.7 Å². The first-order valence-electron chi connectivity index (χ1n) is 6.81. The Labute approximate surface area is 125 Å². The zero-order valence-electron chi connectivity index (χ0n) is 11.5. The second-order valence-corrected chi connectivity index (χ2v) is 4.88. The molecule has 3 heterocycles. The minimum Gasteiger partial charge on any atom is -0.264 e. The predicted molar refractivity (Wildman–Crippen MR) is 82.1 cm³/mol. The van der Waals surface area contributed by atoms with E-state index >= 15 is 0 Å². The highest BCUT2D eigenvalue weighted by Gasteiger charge is 2.10. The van der Waals surface area contributed by atoms with Gasteiger partial charge in [0.1, 0.15) is 5.82 Å². The van der Waals surface area contributed by atoms with Gasteiger partial charge in [0.25, 0.3) is 0 Å². The first-order chi connectivity index (χ1) is 10.8. The lowest BCUT2D eigenvalue weighted by Gasteiger charge is -2.05. The number of pyridine rings is 2. The summed E-state index contributed by atoms with van der Waals surface area (Å²) in [6, 6.07) is 10.7. The standard InChI is InChI=1S/C17H11FN4/c18-16-5-4-13(14-6-8-19-10-15(14)16)12-9-21-22(11-12)17-3-1-2-7-20-17/h1-11H. The van der Waals surface area contributed by atoms with Crippen molar-refractivity contribution in [3.8, 4) is 16.9 Å². The van der Waals surface area contributed by atoms with E-state index in [4.69, 9.17) is 0 Å². The fourth-order valence-electron chi connectivity index (χ4n) is 2.48. The third-order valence-corrected chi connectivity index (χ3v) is 3.54. The summed E-state index contributed by atoms with van der Waals surface area (Å²) in [5.74, 6) is 0.464. The molecule has 0 saturated heterocycles. The van der Waals surface area contributed by atoms with Crippen molar-refractivity contribution in [2.24, 2.45) is 0 Å². The Morgan fingerprint density at radius 2 is 1.86 bits per heavy atom. The van der Waals surface area contributed by atoms with Gasteiger partial charge in [-0.15, -0.1) is 0 Å². The molecule has 0 amide bonds. The van der Waals surface area contributed by atoms with Crippen molar-refractivity contribution in [3.05, 3.63) is 73.2 Å². The van der Waals surface area contributed by atoms with Crippen LogP contribution in [0.5, 0.6) is 0 Å². The van der Waals surface area contributed by atoms with Gasteiger partial charge in [0.15, 0.2) is 5.82 Å². The molecular formula is C17H11FN4.